The van der Waals surface area contributed by atoms with Crippen molar-refractivity contribution in [2.75, 3.05) is 0 Å². The fourth-order valence-electron chi connectivity index (χ4n) is 1.42. The van der Waals surface area contributed by atoms with Crippen molar-refractivity contribution < 1.29 is 14.3 Å². The molecule has 0 spiro atoms. The van der Waals surface area contributed by atoms with Crippen LogP contribution in [0.15, 0.2) is 45.9 Å². The van der Waals surface area contributed by atoms with Crippen molar-refractivity contribution >= 4 is 5.97 Å². The van der Waals surface area contributed by atoms with E-state index < -0.39 is 5.97 Å². The molecule has 2 heterocycles. The molecular formula is C11H9NO4. The highest BCUT2D eigenvalue weighted by molar-refractivity contribution is 5.86. The quantitative estimate of drug-likeness (QED) is 0.841. The van der Waals surface area contributed by atoms with Gasteiger partial charge in [0.25, 0.3) is 5.56 Å². The molecule has 2 aromatic heterocycles. The number of carboxylic acids is 1. The van der Waals surface area contributed by atoms with Crippen molar-refractivity contribution in [3.05, 3.63) is 58.4 Å². The molecule has 0 unspecified atom stereocenters. The van der Waals surface area contributed by atoms with Crippen molar-refractivity contribution in [3.63, 3.8) is 0 Å². The molecule has 5 heteroatoms. The van der Waals surface area contributed by atoms with Crippen LogP contribution in [-0.2, 0) is 6.54 Å². The molecule has 82 valence electrons. The number of rotatable bonds is 3. The molecule has 1 N–H and O–H groups in total. The van der Waals surface area contributed by atoms with Gasteiger partial charge in [-0.3, -0.25) is 4.79 Å². The van der Waals surface area contributed by atoms with Gasteiger partial charge in [0.15, 0.2) is 0 Å². The number of nitrogens with zero attached hydrogens (tertiary/aromatic N) is 1. The van der Waals surface area contributed by atoms with Crippen LogP contribution in [0.2, 0.25) is 0 Å². The van der Waals surface area contributed by atoms with Crippen molar-refractivity contribution in [2.24, 2.45) is 0 Å². The summed E-state index contributed by atoms with van der Waals surface area (Å²) < 4.78 is 6.24. The van der Waals surface area contributed by atoms with Crippen LogP contribution in [-0.4, -0.2) is 15.6 Å². The lowest BCUT2D eigenvalue weighted by Crippen LogP contribution is -2.19. The van der Waals surface area contributed by atoms with Gasteiger partial charge in [-0.15, -0.1) is 0 Å². The molecule has 0 aromatic carbocycles. The van der Waals surface area contributed by atoms with Gasteiger partial charge >= 0.3 is 5.97 Å². The van der Waals surface area contributed by atoms with E-state index >= 15 is 0 Å². The molecule has 0 saturated heterocycles. The van der Waals surface area contributed by atoms with Gasteiger partial charge in [0.1, 0.15) is 0 Å². The van der Waals surface area contributed by atoms with Gasteiger partial charge < -0.3 is 14.1 Å². The number of pyridine rings is 1. The maximum Gasteiger partial charge on any atom is 0.372 e. The minimum atomic E-state index is -1.14. The van der Waals surface area contributed by atoms with Crippen molar-refractivity contribution in [1.29, 1.82) is 0 Å². The van der Waals surface area contributed by atoms with Crippen molar-refractivity contribution in [2.45, 2.75) is 6.54 Å². The average Bonchev–Trinajstić information content (AvgIpc) is 2.69. The van der Waals surface area contributed by atoms with E-state index in [2.05, 4.69) is 0 Å². The van der Waals surface area contributed by atoms with Crippen molar-refractivity contribution in [3.8, 4) is 0 Å². The van der Waals surface area contributed by atoms with E-state index in [1.807, 2.05) is 0 Å². The van der Waals surface area contributed by atoms with Gasteiger partial charge in [0.05, 0.1) is 12.8 Å². The Hall–Kier alpha value is -2.30. The highest BCUT2D eigenvalue weighted by Gasteiger charge is 2.14. The number of furan rings is 1. The lowest BCUT2D eigenvalue weighted by Gasteiger charge is -2.03. The number of carboxylic acid groups (broad SMARTS) is 1. The molecule has 16 heavy (non-hydrogen) atoms. The van der Waals surface area contributed by atoms with Crippen LogP contribution in [0.1, 0.15) is 16.1 Å². The molecule has 0 atom stereocenters. The van der Waals surface area contributed by atoms with E-state index in [1.54, 1.807) is 24.4 Å². The molecule has 0 aliphatic carbocycles. The van der Waals surface area contributed by atoms with E-state index in [0.717, 1.165) is 0 Å². The van der Waals surface area contributed by atoms with Crippen LogP contribution in [0.3, 0.4) is 0 Å². The predicted molar refractivity (Wildman–Crippen MR) is 55.5 cm³/mol. The smallest absolute Gasteiger partial charge is 0.372 e. The van der Waals surface area contributed by atoms with Gasteiger partial charge in [0, 0.05) is 17.8 Å². The Kier molecular flexibility index (Phi) is 2.59. The summed E-state index contributed by atoms with van der Waals surface area (Å²) in [6.45, 7) is 0.192. The third kappa shape index (κ3) is 1.88. The monoisotopic (exact) mass is 219 g/mol. The summed E-state index contributed by atoms with van der Waals surface area (Å²) in [6, 6.07) is 6.30. The molecule has 0 bridgehead atoms. The average molecular weight is 219 g/mol. The highest BCUT2D eigenvalue weighted by Crippen LogP contribution is 2.11. The third-order valence-corrected chi connectivity index (χ3v) is 2.18. The van der Waals surface area contributed by atoms with Crippen LogP contribution in [0.4, 0.5) is 0 Å². The van der Waals surface area contributed by atoms with E-state index in [-0.39, 0.29) is 17.9 Å². The first-order valence-electron chi connectivity index (χ1n) is 4.63. The van der Waals surface area contributed by atoms with Crippen LogP contribution in [0.25, 0.3) is 0 Å². The molecule has 0 aliphatic heterocycles. The zero-order valence-corrected chi connectivity index (χ0v) is 8.29. The van der Waals surface area contributed by atoms with Crippen LogP contribution in [0.5, 0.6) is 0 Å². The molecule has 0 aliphatic rings. The van der Waals surface area contributed by atoms with Gasteiger partial charge in [0.2, 0.25) is 5.76 Å². The first kappa shape index (κ1) is 10.2. The van der Waals surface area contributed by atoms with Gasteiger partial charge in [-0.1, -0.05) is 6.07 Å². The maximum atomic E-state index is 11.4. The van der Waals surface area contributed by atoms with E-state index in [9.17, 15) is 9.59 Å². The maximum absolute atomic E-state index is 11.4. The minimum Gasteiger partial charge on any atom is -0.475 e. The summed E-state index contributed by atoms with van der Waals surface area (Å²) in [6.07, 6.45) is 2.90. The number of aromatic nitrogens is 1. The first-order valence-corrected chi connectivity index (χ1v) is 4.63. The molecule has 2 aromatic rings. The van der Waals surface area contributed by atoms with Crippen LogP contribution in [0, 0.1) is 0 Å². The molecule has 0 amide bonds. The largest absolute Gasteiger partial charge is 0.475 e. The summed E-state index contributed by atoms with van der Waals surface area (Å²) in [5.41, 5.74) is 0.292. The zero-order valence-electron chi connectivity index (χ0n) is 8.29. The second-order valence-electron chi connectivity index (χ2n) is 3.25. The Bertz CT molecular complexity index is 567. The lowest BCUT2D eigenvalue weighted by molar-refractivity contribution is 0.0660. The highest BCUT2D eigenvalue weighted by atomic mass is 16.4. The molecular weight excluding hydrogens is 210 g/mol. The fourth-order valence-corrected chi connectivity index (χ4v) is 1.42. The van der Waals surface area contributed by atoms with Crippen molar-refractivity contribution in [1.82, 2.24) is 4.57 Å². The Morgan fingerprint density at radius 2 is 2.19 bits per heavy atom. The molecule has 0 saturated carbocycles. The third-order valence-electron chi connectivity index (χ3n) is 2.18. The van der Waals surface area contributed by atoms with Crippen LogP contribution < -0.4 is 5.56 Å². The molecule has 5 nitrogen and oxygen atoms in total. The van der Waals surface area contributed by atoms with E-state index in [4.69, 9.17) is 9.52 Å². The Morgan fingerprint density at radius 3 is 2.88 bits per heavy atom. The topological polar surface area (TPSA) is 72.4 Å². The summed E-state index contributed by atoms with van der Waals surface area (Å²) >= 11 is 0. The first-order chi connectivity index (χ1) is 7.68. The SMILES string of the molecule is O=C(O)c1occc1Cn1ccccc1=O. The van der Waals surface area contributed by atoms with Gasteiger partial charge in [-0.2, -0.15) is 0 Å². The Morgan fingerprint density at radius 1 is 1.38 bits per heavy atom. The minimum absolute atomic E-state index is 0.129. The summed E-state index contributed by atoms with van der Waals surface area (Å²) in [7, 11) is 0. The number of aromatic carboxylic acids is 1. The number of carbonyl (C=O) groups is 1. The summed E-state index contributed by atoms with van der Waals surface area (Å²) in [5.74, 6) is -1.26. The second-order valence-corrected chi connectivity index (χ2v) is 3.25. The van der Waals surface area contributed by atoms with Gasteiger partial charge in [-0.05, 0) is 12.1 Å². The molecule has 0 radical (unpaired) electrons. The standard InChI is InChI=1S/C11H9NO4/c13-9-3-1-2-5-12(9)7-8-4-6-16-10(8)11(14)15/h1-6H,7H2,(H,14,15). The summed E-state index contributed by atoms with van der Waals surface area (Å²) in [5, 5.41) is 8.82. The van der Waals surface area contributed by atoms with E-state index in [1.165, 1.54) is 16.9 Å². The lowest BCUT2D eigenvalue weighted by atomic mass is 10.2. The van der Waals surface area contributed by atoms with Gasteiger partial charge in [-0.25, -0.2) is 4.79 Å². The van der Waals surface area contributed by atoms with Crippen LogP contribution >= 0.6 is 0 Å². The van der Waals surface area contributed by atoms with E-state index in [0.29, 0.717) is 5.56 Å². The zero-order chi connectivity index (χ0) is 11.5. The fraction of sp³-hybridized carbons (Fsp3) is 0.0909. The molecule has 2 rings (SSSR count). The predicted octanol–water partition coefficient (Wildman–Crippen LogP) is 1.19. The normalized spacial score (nSPS) is 10.2. The Labute approximate surface area is 90.6 Å². The Balaban J connectivity index is 2.35. The number of hydrogen-bond donors (Lipinski definition) is 1. The second kappa shape index (κ2) is 4.06. The number of hydrogen-bond acceptors (Lipinski definition) is 3. The molecule has 0 fully saturated rings. The summed E-state index contributed by atoms with van der Waals surface area (Å²) in [4.78, 5) is 22.2.